The van der Waals surface area contributed by atoms with Crippen molar-refractivity contribution in [1.82, 2.24) is 4.90 Å². The van der Waals surface area contributed by atoms with Crippen LogP contribution >= 0.6 is 39.9 Å². The molecule has 0 aliphatic carbocycles. The number of nitrogens with zero attached hydrogens (tertiary/aromatic N) is 2. The summed E-state index contributed by atoms with van der Waals surface area (Å²) in [6, 6.07) is 6.20. The Kier molecular flexibility index (Phi) is 2.77. The first-order valence-corrected chi connectivity index (χ1v) is 7.12. The molecule has 5 heteroatoms. The van der Waals surface area contributed by atoms with Crippen molar-refractivity contribution < 1.29 is 0 Å². The zero-order valence-corrected chi connectivity index (χ0v) is 11.7. The van der Waals surface area contributed by atoms with Gasteiger partial charge in [-0.15, -0.1) is 0 Å². The highest BCUT2D eigenvalue weighted by atomic mass is 79.9. The molecule has 3 rings (SSSR count). The van der Waals surface area contributed by atoms with Crippen molar-refractivity contribution in [3.63, 3.8) is 0 Å². The summed E-state index contributed by atoms with van der Waals surface area (Å²) in [4.78, 5) is 7.97. The van der Waals surface area contributed by atoms with Gasteiger partial charge in [-0.05, 0) is 34.5 Å². The van der Waals surface area contributed by atoms with E-state index >= 15 is 0 Å². The lowest BCUT2D eigenvalue weighted by Gasteiger charge is -2.34. The van der Waals surface area contributed by atoms with Crippen LogP contribution in [0.25, 0.3) is 0 Å². The fourth-order valence-corrected chi connectivity index (χ4v) is 4.00. The Balaban J connectivity index is 2.22. The van der Waals surface area contributed by atoms with Crippen LogP contribution in [0.3, 0.4) is 0 Å². The molecule has 0 aromatic heterocycles. The Bertz CT molecular complexity index is 499. The molecule has 16 heavy (non-hydrogen) atoms. The van der Waals surface area contributed by atoms with Crippen LogP contribution in [0, 0.1) is 0 Å². The maximum Gasteiger partial charge on any atom is 0.146 e. The Morgan fingerprint density at radius 1 is 1.44 bits per heavy atom. The van der Waals surface area contributed by atoms with Crippen molar-refractivity contribution in [2.24, 2.45) is 4.99 Å². The second-order valence-corrected chi connectivity index (χ2v) is 6.22. The average Bonchev–Trinajstić information content (AvgIpc) is 2.29. The number of thioether (sulfide) groups is 1. The van der Waals surface area contributed by atoms with E-state index in [-0.39, 0.29) is 0 Å². The number of rotatable bonds is 0. The highest BCUT2D eigenvalue weighted by Crippen LogP contribution is 2.37. The van der Waals surface area contributed by atoms with Crippen molar-refractivity contribution in [3.8, 4) is 0 Å². The van der Waals surface area contributed by atoms with Crippen LogP contribution in [0.5, 0.6) is 0 Å². The summed E-state index contributed by atoms with van der Waals surface area (Å²) in [5.41, 5.74) is 1.20. The van der Waals surface area contributed by atoms with Crippen LogP contribution in [-0.4, -0.2) is 28.1 Å². The number of hydrogen-bond donors (Lipinski definition) is 0. The summed E-state index contributed by atoms with van der Waals surface area (Å²) in [6.07, 6.45) is 1.09. The third-order valence-electron chi connectivity index (χ3n) is 2.67. The molecule has 0 bridgehead atoms. The number of benzene rings is 1. The number of amidine groups is 1. The van der Waals surface area contributed by atoms with Gasteiger partial charge in [0.25, 0.3) is 0 Å². The Labute approximate surface area is 112 Å². The van der Waals surface area contributed by atoms with Crippen molar-refractivity contribution in [2.45, 2.75) is 11.3 Å². The quantitative estimate of drug-likeness (QED) is 0.684. The largest absolute Gasteiger partial charge is 0.311 e. The highest BCUT2D eigenvalue weighted by Gasteiger charge is 2.30. The normalized spacial score (nSPS) is 18.9. The number of fused-ring (bicyclic) bond motifs is 3. The van der Waals surface area contributed by atoms with Crippen LogP contribution in [0.15, 0.2) is 32.6 Å². The first-order valence-electron chi connectivity index (χ1n) is 5.10. The minimum atomic E-state index is 0.903. The molecule has 0 N–H and O–H groups in total. The molecule has 0 atom stereocenters. The van der Waals surface area contributed by atoms with E-state index in [4.69, 9.17) is 12.2 Å². The molecule has 2 aliphatic heterocycles. The molecule has 0 spiro atoms. The van der Waals surface area contributed by atoms with Gasteiger partial charge in [-0.3, -0.25) is 4.99 Å². The molecule has 1 aromatic rings. The van der Waals surface area contributed by atoms with Gasteiger partial charge >= 0.3 is 0 Å². The van der Waals surface area contributed by atoms with Crippen molar-refractivity contribution in [3.05, 3.63) is 28.2 Å². The van der Waals surface area contributed by atoms with E-state index in [1.807, 2.05) is 6.07 Å². The maximum absolute atomic E-state index is 5.42. The molecule has 2 aliphatic rings. The monoisotopic (exact) mass is 312 g/mol. The van der Waals surface area contributed by atoms with E-state index in [0.29, 0.717) is 0 Å². The third kappa shape index (κ3) is 1.61. The molecule has 0 amide bonds. The predicted molar refractivity (Wildman–Crippen MR) is 75.3 cm³/mol. The van der Waals surface area contributed by atoms with E-state index < -0.39 is 0 Å². The smallest absolute Gasteiger partial charge is 0.146 e. The molecular weight excluding hydrogens is 304 g/mol. The van der Waals surface area contributed by atoms with Crippen LogP contribution < -0.4 is 0 Å². The summed E-state index contributed by atoms with van der Waals surface area (Å²) >= 11 is 10.7. The molecule has 0 saturated carbocycles. The lowest BCUT2D eigenvalue weighted by Crippen LogP contribution is -2.41. The lowest BCUT2D eigenvalue weighted by atomic mass is 10.1. The maximum atomic E-state index is 5.42. The van der Waals surface area contributed by atoms with Gasteiger partial charge in [-0.25, -0.2) is 0 Å². The van der Waals surface area contributed by atoms with E-state index in [0.717, 1.165) is 34.1 Å². The Morgan fingerprint density at radius 3 is 3.19 bits per heavy atom. The van der Waals surface area contributed by atoms with Crippen molar-refractivity contribution in [2.75, 3.05) is 13.1 Å². The van der Waals surface area contributed by atoms with Crippen LogP contribution in [0.4, 0.5) is 0 Å². The van der Waals surface area contributed by atoms with Gasteiger partial charge in [0, 0.05) is 28.0 Å². The van der Waals surface area contributed by atoms with Gasteiger partial charge in [-0.2, -0.15) is 0 Å². The summed E-state index contributed by atoms with van der Waals surface area (Å²) < 4.78 is 2.02. The second kappa shape index (κ2) is 4.13. The number of aliphatic imine (C=N–C) groups is 1. The number of thiocarbonyl (C=S) groups is 1. The first-order chi connectivity index (χ1) is 7.77. The fraction of sp³-hybridized carbons (Fsp3) is 0.273. The van der Waals surface area contributed by atoms with E-state index in [9.17, 15) is 0 Å². The van der Waals surface area contributed by atoms with Gasteiger partial charge in [0.05, 0.1) is 0 Å². The zero-order valence-electron chi connectivity index (χ0n) is 8.44. The minimum Gasteiger partial charge on any atom is -0.311 e. The van der Waals surface area contributed by atoms with Gasteiger partial charge in [0.15, 0.2) is 0 Å². The summed E-state index contributed by atoms with van der Waals surface area (Å²) in [7, 11) is 0. The van der Waals surface area contributed by atoms with Gasteiger partial charge in [0.1, 0.15) is 10.2 Å². The number of hydrogen-bond acceptors (Lipinski definition) is 3. The van der Waals surface area contributed by atoms with Gasteiger partial charge in [0.2, 0.25) is 0 Å². The molecule has 0 unspecified atom stereocenters. The van der Waals surface area contributed by atoms with Crippen LogP contribution in [-0.2, 0) is 0 Å². The fourth-order valence-electron chi connectivity index (χ4n) is 1.95. The standard InChI is InChI=1S/C11H9BrN2S2/c12-7-3-1-4-8-9(7)10-13-5-2-6-14(10)11(15)16-8/h1,3-4H,2,5-6H2. The summed E-state index contributed by atoms with van der Waals surface area (Å²) in [5.74, 6) is 1.04. The van der Waals surface area contributed by atoms with E-state index in [1.165, 1.54) is 10.5 Å². The lowest BCUT2D eigenvalue weighted by molar-refractivity contribution is 0.560. The average molecular weight is 313 g/mol. The molecule has 1 aromatic carbocycles. The summed E-state index contributed by atoms with van der Waals surface area (Å²) in [6.45, 7) is 1.89. The molecule has 0 fully saturated rings. The minimum absolute atomic E-state index is 0.903. The summed E-state index contributed by atoms with van der Waals surface area (Å²) in [5, 5.41) is 0. The highest BCUT2D eigenvalue weighted by molar-refractivity contribution is 9.10. The molecule has 0 saturated heterocycles. The van der Waals surface area contributed by atoms with Gasteiger partial charge < -0.3 is 4.90 Å². The number of halogens is 1. The van der Waals surface area contributed by atoms with Crippen LogP contribution in [0.2, 0.25) is 0 Å². The molecule has 0 radical (unpaired) electrons. The van der Waals surface area contributed by atoms with E-state index in [1.54, 1.807) is 11.8 Å². The Morgan fingerprint density at radius 2 is 2.31 bits per heavy atom. The third-order valence-corrected chi connectivity index (χ3v) is 4.76. The topological polar surface area (TPSA) is 15.6 Å². The molecule has 82 valence electrons. The van der Waals surface area contributed by atoms with Crippen molar-refractivity contribution in [1.29, 1.82) is 0 Å². The molecular formula is C11H9BrN2S2. The van der Waals surface area contributed by atoms with E-state index in [2.05, 4.69) is 38.0 Å². The van der Waals surface area contributed by atoms with Gasteiger partial charge in [-0.1, -0.05) is 30.0 Å². The Hall–Kier alpha value is -0.390. The van der Waals surface area contributed by atoms with Crippen LogP contribution in [0.1, 0.15) is 12.0 Å². The second-order valence-electron chi connectivity index (χ2n) is 3.69. The SMILES string of the molecule is S=C1Sc2cccc(Br)c2C2=NCCCN12. The first kappa shape index (κ1) is 10.7. The zero-order chi connectivity index (χ0) is 11.1. The molecule has 2 heterocycles. The predicted octanol–water partition coefficient (Wildman–Crippen LogP) is 3.29. The van der Waals surface area contributed by atoms with Crippen molar-refractivity contribution >= 4 is 50.1 Å². The molecule has 2 nitrogen and oxygen atoms in total.